The second kappa shape index (κ2) is 10.1. The Balaban J connectivity index is 1.86. The van der Waals surface area contributed by atoms with Gasteiger partial charge in [-0.25, -0.2) is 0 Å². The Bertz CT molecular complexity index is 718. The van der Waals surface area contributed by atoms with E-state index < -0.39 is 0 Å². The van der Waals surface area contributed by atoms with Gasteiger partial charge in [0.1, 0.15) is 5.75 Å². The smallest absolute Gasteiger partial charge is 0.268 e. The predicted molar refractivity (Wildman–Crippen MR) is 115 cm³/mol. The number of hydrogen-bond donors (Lipinski definition) is 0. The number of rotatable bonds is 7. The van der Waals surface area contributed by atoms with Gasteiger partial charge in [0.25, 0.3) is 11.8 Å². The highest BCUT2D eigenvalue weighted by molar-refractivity contribution is 8.04. The molecule has 1 aromatic rings. The Morgan fingerprint density at radius 2 is 1.61 bits per heavy atom. The first kappa shape index (κ1) is 21.0. The van der Waals surface area contributed by atoms with E-state index in [4.69, 9.17) is 4.74 Å². The molecule has 0 atom stereocenters. The summed E-state index contributed by atoms with van der Waals surface area (Å²) in [6, 6.07) is 7.63. The molecule has 28 heavy (non-hydrogen) atoms. The van der Waals surface area contributed by atoms with E-state index in [9.17, 15) is 9.59 Å². The van der Waals surface area contributed by atoms with Gasteiger partial charge in [-0.15, -0.1) is 11.8 Å². The highest BCUT2D eigenvalue weighted by Crippen LogP contribution is 2.39. The minimum Gasteiger partial charge on any atom is -0.494 e. The molecule has 1 heterocycles. The van der Waals surface area contributed by atoms with Crippen molar-refractivity contribution in [2.75, 3.05) is 12.4 Å². The minimum absolute atomic E-state index is 0.0393. The maximum Gasteiger partial charge on any atom is 0.268 e. The second-order valence-corrected chi connectivity index (χ2v) is 8.76. The first-order chi connectivity index (χ1) is 13.7. The first-order valence-corrected chi connectivity index (χ1v) is 11.6. The monoisotopic (exact) mass is 401 g/mol. The second-order valence-electron chi connectivity index (χ2n) is 7.49. The zero-order valence-electron chi connectivity index (χ0n) is 17.0. The van der Waals surface area contributed by atoms with Crippen LogP contribution in [0.2, 0.25) is 0 Å². The molecule has 3 rings (SSSR count). The normalized spacial score (nSPS) is 19.1. The zero-order valence-corrected chi connectivity index (χ0v) is 17.9. The maximum atomic E-state index is 13.4. The van der Waals surface area contributed by atoms with Crippen LogP contribution in [-0.4, -0.2) is 35.1 Å². The van der Waals surface area contributed by atoms with Gasteiger partial charge in [0.15, 0.2) is 0 Å². The molecule has 1 aliphatic carbocycles. The molecule has 0 bridgehead atoms. The van der Waals surface area contributed by atoms with Gasteiger partial charge in [-0.05, 0) is 42.7 Å². The Morgan fingerprint density at radius 3 is 2.21 bits per heavy atom. The summed E-state index contributed by atoms with van der Waals surface area (Å²) in [4.78, 5) is 28.7. The Labute approximate surface area is 172 Å². The van der Waals surface area contributed by atoms with Gasteiger partial charge in [0.2, 0.25) is 0 Å². The molecule has 152 valence electrons. The molecule has 4 nitrogen and oxygen atoms in total. The van der Waals surface area contributed by atoms with Gasteiger partial charge in [-0.3, -0.25) is 14.5 Å². The van der Waals surface area contributed by atoms with Gasteiger partial charge in [-0.2, -0.15) is 0 Å². The van der Waals surface area contributed by atoms with E-state index in [2.05, 4.69) is 6.92 Å². The third-order valence-corrected chi connectivity index (χ3v) is 6.37. The molecular weight excluding hydrogens is 370 g/mol. The molecule has 1 fully saturated rings. The number of carbonyl (C=O) groups is 2. The fourth-order valence-corrected chi connectivity index (χ4v) is 4.88. The highest BCUT2D eigenvalue weighted by atomic mass is 32.2. The summed E-state index contributed by atoms with van der Waals surface area (Å²) in [5, 5.41) is 0. The van der Waals surface area contributed by atoms with Crippen LogP contribution in [0.25, 0.3) is 5.57 Å². The van der Waals surface area contributed by atoms with Crippen molar-refractivity contribution in [3.63, 3.8) is 0 Å². The topological polar surface area (TPSA) is 46.6 Å². The summed E-state index contributed by atoms with van der Waals surface area (Å²) in [5.74, 6) is 1.36. The number of thioether (sulfide) groups is 1. The molecule has 2 aliphatic rings. The predicted octanol–water partition coefficient (Wildman–Crippen LogP) is 5.42. The van der Waals surface area contributed by atoms with Crippen LogP contribution in [0.15, 0.2) is 29.2 Å². The van der Waals surface area contributed by atoms with Crippen LogP contribution in [0.1, 0.15) is 70.8 Å². The standard InChI is InChI=1S/C23H31NO3S/c1-3-16-27-19-14-12-17(13-15-19)20-21(28-4-2)23(26)24(22(20)25)18-10-8-6-5-7-9-11-18/h12-15,18H,3-11,16H2,1-2H3. The lowest BCUT2D eigenvalue weighted by Crippen LogP contribution is -2.41. The summed E-state index contributed by atoms with van der Waals surface area (Å²) < 4.78 is 5.65. The molecule has 1 aromatic carbocycles. The number of nitrogens with zero attached hydrogens (tertiary/aromatic N) is 1. The van der Waals surface area contributed by atoms with Crippen LogP contribution in [-0.2, 0) is 9.59 Å². The minimum atomic E-state index is -0.117. The number of carbonyl (C=O) groups excluding carboxylic acids is 2. The van der Waals surface area contributed by atoms with Crippen molar-refractivity contribution in [1.29, 1.82) is 0 Å². The lowest BCUT2D eigenvalue weighted by Gasteiger charge is -2.28. The van der Waals surface area contributed by atoms with Crippen molar-refractivity contribution >= 4 is 29.1 Å². The molecular formula is C23H31NO3S. The van der Waals surface area contributed by atoms with Crippen molar-refractivity contribution < 1.29 is 14.3 Å². The van der Waals surface area contributed by atoms with E-state index in [0.717, 1.165) is 49.2 Å². The molecule has 0 spiro atoms. The number of imide groups is 1. The average molecular weight is 402 g/mol. The fourth-order valence-electron chi connectivity index (χ4n) is 4.02. The Morgan fingerprint density at radius 1 is 0.964 bits per heavy atom. The van der Waals surface area contributed by atoms with E-state index in [1.54, 1.807) is 4.90 Å². The molecule has 0 unspecified atom stereocenters. The summed E-state index contributed by atoms with van der Waals surface area (Å²) >= 11 is 1.49. The molecule has 2 amide bonds. The van der Waals surface area contributed by atoms with E-state index in [-0.39, 0.29) is 17.9 Å². The van der Waals surface area contributed by atoms with E-state index >= 15 is 0 Å². The zero-order chi connectivity index (χ0) is 19.9. The van der Waals surface area contributed by atoms with E-state index in [0.29, 0.717) is 17.1 Å². The number of amides is 2. The molecule has 0 radical (unpaired) electrons. The quantitative estimate of drug-likeness (QED) is 0.572. The van der Waals surface area contributed by atoms with E-state index in [1.165, 1.54) is 31.0 Å². The third kappa shape index (κ3) is 4.62. The maximum absolute atomic E-state index is 13.4. The van der Waals surface area contributed by atoms with Gasteiger partial charge in [0.05, 0.1) is 17.1 Å². The van der Waals surface area contributed by atoms with Crippen LogP contribution < -0.4 is 4.74 Å². The molecule has 5 heteroatoms. The fraction of sp³-hybridized carbons (Fsp3) is 0.565. The Kier molecular flexibility index (Phi) is 7.60. The van der Waals surface area contributed by atoms with Crippen LogP contribution in [0.3, 0.4) is 0 Å². The van der Waals surface area contributed by atoms with Gasteiger partial charge in [0, 0.05) is 6.04 Å². The van der Waals surface area contributed by atoms with Crippen molar-refractivity contribution in [2.45, 2.75) is 71.3 Å². The van der Waals surface area contributed by atoms with Crippen molar-refractivity contribution in [2.24, 2.45) is 0 Å². The number of hydrogen-bond acceptors (Lipinski definition) is 4. The third-order valence-electron chi connectivity index (χ3n) is 5.42. The average Bonchev–Trinajstić information content (AvgIpc) is 2.91. The molecule has 0 aromatic heterocycles. The SMILES string of the molecule is CCCOc1ccc(C2=C(SCC)C(=O)N(C3CCCCCCC3)C2=O)cc1. The first-order valence-electron chi connectivity index (χ1n) is 10.7. The van der Waals surface area contributed by atoms with Gasteiger partial charge in [-0.1, -0.05) is 58.1 Å². The summed E-state index contributed by atoms with van der Waals surface area (Å²) in [7, 11) is 0. The van der Waals surface area contributed by atoms with Gasteiger partial charge >= 0.3 is 0 Å². The summed E-state index contributed by atoms with van der Waals surface area (Å²) in [6.45, 7) is 4.76. The largest absolute Gasteiger partial charge is 0.494 e. The Hall–Kier alpha value is -1.75. The summed E-state index contributed by atoms with van der Waals surface area (Å²) in [5.41, 5.74) is 1.38. The molecule has 0 saturated heterocycles. The number of benzene rings is 1. The lowest BCUT2D eigenvalue weighted by atomic mass is 9.95. The van der Waals surface area contributed by atoms with Crippen LogP contribution in [0.5, 0.6) is 5.75 Å². The van der Waals surface area contributed by atoms with Gasteiger partial charge < -0.3 is 4.74 Å². The number of ether oxygens (including phenoxy) is 1. The van der Waals surface area contributed by atoms with Crippen molar-refractivity contribution in [3.05, 3.63) is 34.7 Å². The highest BCUT2D eigenvalue weighted by Gasteiger charge is 2.42. The molecule has 1 aliphatic heterocycles. The van der Waals surface area contributed by atoms with Crippen LogP contribution >= 0.6 is 11.8 Å². The molecule has 1 saturated carbocycles. The van der Waals surface area contributed by atoms with Crippen LogP contribution in [0.4, 0.5) is 0 Å². The van der Waals surface area contributed by atoms with Crippen molar-refractivity contribution in [1.82, 2.24) is 4.90 Å². The lowest BCUT2D eigenvalue weighted by molar-refractivity contribution is -0.139. The summed E-state index contributed by atoms with van der Waals surface area (Å²) in [6.07, 6.45) is 8.66. The van der Waals surface area contributed by atoms with Crippen LogP contribution in [0, 0.1) is 0 Å². The van der Waals surface area contributed by atoms with E-state index in [1.807, 2.05) is 31.2 Å². The molecule has 0 N–H and O–H groups in total. The van der Waals surface area contributed by atoms with Crippen molar-refractivity contribution in [3.8, 4) is 5.75 Å².